The van der Waals surface area contributed by atoms with Gasteiger partial charge in [-0.1, -0.05) is 45.8 Å². The molecule has 1 heterocycles. The van der Waals surface area contributed by atoms with Gasteiger partial charge in [0.2, 0.25) is 0 Å². The summed E-state index contributed by atoms with van der Waals surface area (Å²) in [5.74, 6) is 3.91. The lowest BCUT2D eigenvalue weighted by atomic mass is 9.47. The van der Waals surface area contributed by atoms with Crippen molar-refractivity contribution in [3.63, 3.8) is 0 Å². The minimum absolute atomic E-state index is 0.0999. The maximum absolute atomic E-state index is 10.7. The lowest BCUT2D eigenvalue weighted by Gasteiger charge is -2.58. The summed E-state index contributed by atoms with van der Waals surface area (Å²) >= 11 is 0. The molecule has 0 radical (unpaired) electrons. The van der Waals surface area contributed by atoms with Gasteiger partial charge in [-0.15, -0.1) is 0 Å². The van der Waals surface area contributed by atoms with E-state index in [2.05, 4.69) is 19.9 Å². The van der Waals surface area contributed by atoms with E-state index in [9.17, 15) is 10.2 Å². The molecule has 3 heteroatoms. The Morgan fingerprint density at radius 3 is 2.52 bits per heavy atom. The predicted molar refractivity (Wildman–Crippen MR) is 136 cm³/mol. The fourth-order valence-electron chi connectivity index (χ4n) is 9.13. The summed E-state index contributed by atoms with van der Waals surface area (Å²) in [5, 5.41) is 20.9. The first-order valence-electron chi connectivity index (χ1n) is 14.5. The van der Waals surface area contributed by atoms with Crippen molar-refractivity contribution in [2.45, 2.75) is 123 Å². The van der Waals surface area contributed by atoms with E-state index in [0.29, 0.717) is 16.7 Å². The summed E-state index contributed by atoms with van der Waals surface area (Å²) in [4.78, 5) is 0. The number of ether oxygens (including phenoxy) is 1. The largest absolute Gasteiger partial charge is 0.393 e. The predicted octanol–water partition coefficient (Wildman–Crippen LogP) is 6.91. The van der Waals surface area contributed by atoms with Crippen molar-refractivity contribution in [3.05, 3.63) is 11.6 Å². The van der Waals surface area contributed by atoms with Gasteiger partial charge in [-0.25, -0.2) is 0 Å². The molecule has 1 aliphatic heterocycles. The van der Waals surface area contributed by atoms with E-state index in [-0.39, 0.29) is 12.2 Å². The van der Waals surface area contributed by atoms with Crippen molar-refractivity contribution < 1.29 is 14.9 Å². The van der Waals surface area contributed by atoms with E-state index in [0.717, 1.165) is 69.0 Å². The van der Waals surface area contributed by atoms with Crippen LogP contribution in [0.3, 0.4) is 0 Å². The fraction of sp³-hybridized carbons (Fsp3) is 0.933. The summed E-state index contributed by atoms with van der Waals surface area (Å²) in [7, 11) is 0. The standard InChI is InChI=1S/C28H46O3.C2H6/c1-27-15-11-25-23(8-6-21-18-22(29)10-14-28(21,25)2)24(27)9-7-20(27)4-3-5-26(30)19-12-16-31-17-13-19;1-2/h6,19-20,22-26,29-30H,3-5,7-18H2,1-2H3;1-2H3/t20?,22-,23?,24?,25?,26?,27+,28?;/m0./s1. The second kappa shape index (κ2) is 10.7. The normalized spacial score (nSPS) is 43.9. The first-order valence-corrected chi connectivity index (χ1v) is 14.5. The number of hydrogen-bond donors (Lipinski definition) is 2. The van der Waals surface area contributed by atoms with Crippen LogP contribution in [0.15, 0.2) is 11.6 Å². The lowest BCUT2D eigenvalue weighted by molar-refractivity contribution is -0.0515. The zero-order chi connectivity index (χ0) is 23.6. The third kappa shape index (κ3) is 4.85. The molecule has 1 saturated heterocycles. The van der Waals surface area contributed by atoms with Crippen molar-refractivity contribution in [2.75, 3.05) is 13.2 Å². The van der Waals surface area contributed by atoms with Gasteiger partial charge < -0.3 is 14.9 Å². The highest BCUT2D eigenvalue weighted by molar-refractivity contribution is 5.25. The smallest absolute Gasteiger partial charge is 0.0577 e. The number of fused-ring (bicyclic) bond motifs is 5. The quantitative estimate of drug-likeness (QED) is 0.438. The van der Waals surface area contributed by atoms with Gasteiger partial charge in [-0.2, -0.15) is 0 Å². The molecule has 3 saturated carbocycles. The molecule has 5 rings (SSSR count). The highest BCUT2D eigenvalue weighted by atomic mass is 16.5. The molecule has 2 N–H and O–H groups in total. The Bertz CT molecular complexity index is 667. The van der Waals surface area contributed by atoms with Gasteiger partial charge in [0.1, 0.15) is 0 Å². The molecule has 0 bridgehead atoms. The average molecular weight is 461 g/mol. The van der Waals surface area contributed by atoms with Crippen LogP contribution >= 0.6 is 0 Å². The van der Waals surface area contributed by atoms with Crippen molar-refractivity contribution in [1.29, 1.82) is 0 Å². The summed E-state index contributed by atoms with van der Waals surface area (Å²) in [6.45, 7) is 10.8. The van der Waals surface area contributed by atoms with Gasteiger partial charge >= 0.3 is 0 Å². The Morgan fingerprint density at radius 2 is 1.76 bits per heavy atom. The first kappa shape index (κ1) is 25.7. The maximum atomic E-state index is 10.7. The van der Waals surface area contributed by atoms with Crippen LogP contribution in [0.5, 0.6) is 0 Å². The van der Waals surface area contributed by atoms with E-state index in [1.54, 1.807) is 5.57 Å². The number of allylic oxidation sites excluding steroid dienone is 1. The molecular weight excluding hydrogens is 408 g/mol. The minimum Gasteiger partial charge on any atom is -0.393 e. The van der Waals surface area contributed by atoms with Gasteiger partial charge in [0.05, 0.1) is 12.2 Å². The minimum atomic E-state index is -0.117. The molecule has 0 spiro atoms. The van der Waals surface area contributed by atoms with Crippen molar-refractivity contribution in [2.24, 2.45) is 40.4 Å². The summed E-state index contributed by atoms with van der Waals surface area (Å²) < 4.78 is 5.47. The Labute approximate surface area is 203 Å². The summed E-state index contributed by atoms with van der Waals surface area (Å²) in [5.41, 5.74) is 2.46. The van der Waals surface area contributed by atoms with Crippen LogP contribution in [-0.2, 0) is 4.74 Å². The van der Waals surface area contributed by atoms with Gasteiger partial charge in [0, 0.05) is 13.2 Å². The van der Waals surface area contributed by atoms with E-state index in [4.69, 9.17) is 4.74 Å². The van der Waals surface area contributed by atoms with Gasteiger partial charge in [0.15, 0.2) is 0 Å². The maximum Gasteiger partial charge on any atom is 0.0577 e. The van der Waals surface area contributed by atoms with E-state index >= 15 is 0 Å². The molecule has 3 nitrogen and oxygen atoms in total. The van der Waals surface area contributed by atoms with Gasteiger partial charge in [0.25, 0.3) is 0 Å². The highest BCUT2D eigenvalue weighted by Gasteiger charge is 2.58. The number of aliphatic hydroxyl groups excluding tert-OH is 2. The molecule has 33 heavy (non-hydrogen) atoms. The molecule has 190 valence electrons. The topological polar surface area (TPSA) is 49.7 Å². The lowest BCUT2D eigenvalue weighted by Crippen LogP contribution is -2.50. The first-order chi connectivity index (χ1) is 15.9. The molecule has 0 amide bonds. The zero-order valence-corrected chi connectivity index (χ0v) is 22.0. The average Bonchev–Trinajstić information content (AvgIpc) is 3.17. The van der Waals surface area contributed by atoms with Crippen LogP contribution in [-0.4, -0.2) is 35.6 Å². The molecule has 4 aliphatic carbocycles. The number of aliphatic hydroxyl groups is 2. The molecule has 8 atom stereocenters. The zero-order valence-electron chi connectivity index (χ0n) is 22.0. The Balaban J connectivity index is 0.00000126. The second-order valence-corrected chi connectivity index (χ2v) is 12.4. The summed E-state index contributed by atoms with van der Waals surface area (Å²) in [6.07, 6.45) is 17.9. The van der Waals surface area contributed by atoms with Crippen molar-refractivity contribution in [1.82, 2.24) is 0 Å². The Kier molecular flexibility index (Phi) is 8.34. The van der Waals surface area contributed by atoms with Crippen LogP contribution in [0.2, 0.25) is 0 Å². The fourth-order valence-corrected chi connectivity index (χ4v) is 9.13. The van der Waals surface area contributed by atoms with Crippen LogP contribution in [0, 0.1) is 40.4 Å². The molecular formula is C30H52O3. The molecule has 6 unspecified atom stereocenters. The van der Waals surface area contributed by atoms with Crippen molar-refractivity contribution in [3.8, 4) is 0 Å². The number of hydrogen-bond acceptors (Lipinski definition) is 3. The third-order valence-corrected chi connectivity index (χ3v) is 11.1. The molecule has 0 aromatic rings. The molecule has 5 aliphatic rings. The van der Waals surface area contributed by atoms with Crippen molar-refractivity contribution >= 4 is 0 Å². The van der Waals surface area contributed by atoms with Crippen LogP contribution in [0.25, 0.3) is 0 Å². The highest BCUT2D eigenvalue weighted by Crippen LogP contribution is 2.66. The third-order valence-electron chi connectivity index (χ3n) is 11.1. The molecule has 4 fully saturated rings. The van der Waals surface area contributed by atoms with Crippen LogP contribution < -0.4 is 0 Å². The summed E-state index contributed by atoms with van der Waals surface area (Å²) in [6, 6.07) is 0. The van der Waals surface area contributed by atoms with Crippen LogP contribution in [0.4, 0.5) is 0 Å². The van der Waals surface area contributed by atoms with E-state index in [1.165, 1.54) is 51.4 Å². The molecule has 0 aromatic heterocycles. The van der Waals surface area contributed by atoms with Gasteiger partial charge in [-0.05, 0) is 117 Å². The van der Waals surface area contributed by atoms with Crippen LogP contribution in [0.1, 0.15) is 111 Å². The van der Waals surface area contributed by atoms with E-state index in [1.807, 2.05) is 13.8 Å². The van der Waals surface area contributed by atoms with E-state index < -0.39 is 0 Å². The SMILES string of the molecule is CC.CC12CC[C@H](O)CC1=CCC1C2CC[C@]2(C)C(CCCC(O)C3CCOCC3)CCC12. The van der Waals surface area contributed by atoms with Gasteiger partial charge in [-0.3, -0.25) is 0 Å². The monoisotopic (exact) mass is 460 g/mol. The molecule has 0 aromatic carbocycles. The second-order valence-electron chi connectivity index (χ2n) is 12.4. The Morgan fingerprint density at radius 1 is 1.00 bits per heavy atom. The number of rotatable bonds is 5. The Hall–Kier alpha value is -0.380.